The molecule has 0 unspecified atom stereocenters. The van der Waals surface area contributed by atoms with Gasteiger partial charge in [-0.15, -0.1) is 0 Å². The molecule has 1 fully saturated rings. The Morgan fingerprint density at radius 2 is 2.07 bits per heavy atom. The van der Waals surface area contributed by atoms with Crippen LogP contribution in [0.15, 0.2) is 30.3 Å². The van der Waals surface area contributed by atoms with Crippen LogP contribution >= 0.6 is 0 Å². The fraction of sp³-hybridized carbons (Fsp3) is 0.429. The Labute approximate surface area is 158 Å². The van der Waals surface area contributed by atoms with Gasteiger partial charge in [0.2, 0.25) is 0 Å². The van der Waals surface area contributed by atoms with Crippen molar-refractivity contribution in [3.63, 3.8) is 0 Å². The number of likely N-dealkylation sites (tertiary alicyclic amines) is 1. The molecule has 0 amide bonds. The maximum Gasteiger partial charge on any atom is 0.341 e. The molecule has 2 aromatic carbocycles. The van der Waals surface area contributed by atoms with Crippen molar-refractivity contribution in [3.8, 4) is 5.75 Å². The highest BCUT2D eigenvalue weighted by molar-refractivity contribution is 6.00. The zero-order valence-electron chi connectivity index (χ0n) is 15.7. The van der Waals surface area contributed by atoms with Crippen LogP contribution in [0.25, 0.3) is 10.8 Å². The number of benzene rings is 2. The lowest BCUT2D eigenvalue weighted by Gasteiger charge is -2.32. The van der Waals surface area contributed by atoms with Crippen LogP contribution in [0.3, 0.4) is 0 Å². The summed E-state index contributed by atoms with van der Waals surface area (Å²) in [6, 6.07) is 9.28. The van der Waals surface area contributed by atoms with E-state index < -0.39 is 5.97 Å². The Hall–Kier alpha value is -2.60. The van der Waals surface area contributed by atoms with Gasteiger partial charge in [-0.3, -0.25) is 9.69 Å². The molecule has 144 valence electrons. The molecule has 3 rings (SSSR count). The number of hydrogen-bond acceptors (Lipinski definition) is 6. The van der Waals surface area contributed by atoms with Crippen molar-refractivity contribution in [2.45, 2.75) is 26.3 Å². The molecule has 0 spiro atoms. The monoisotopic (exact) mass is 371 g/mol. The highest BCUT2D eigenvalue weighted by atomic mass is 16.5. The average Bonchev–Trinajstić information content (AvgIpc) is 2.69. The smallest absolute Gasteiger partial charge is 0.341 e. The van der Waals surface area contributed by atoms with Gasteiger partial charge in [-0.05, 0) is 43.1 Å². The Balaban J connectivity index is 1.92. The minimum Gasteiger partial charge on any atom is -0.507 e. The Morgan fingerprint density at radius 3 is 2.81 bits per heavy atom. The number of carbonyl (C=O) groups is 2. The summed E-state index contributed by atoms with van der Waals surface area (Å²) in [5.74, 6) is -0.947. The predicted molar refractivity (Wildman–Crippen MR) is 102 cm³/mol. The SMILES string of the molecule is CCOC(=O)[C@@H]1CCCN(Cc2c(O)c(C(=O)OC)cc3ccccc23)C1. The molecule has 1 N–H and O–H groups in total. The number of hydrogen-bond donors (Lipinski definition) is 1. The molecule has 1 heterocycles. The van der Waals surface area contributed by atoms with Gasteiger partial charge in [-0.2, -0.15) is 0 Å². The highest BCUT2D eigenvalue weighted by Gasteiger charge is 2.28. The van der Waals surface area contributed by atoms with Gasteiger partial charge < -0.3 is 14.6 Å². The Morgan fingerprint density at radius 1 is 1.30 bits per heavy atom. The quantitative estimate of drug-likeness (QED) is 0.814. The molecule has 1 aliphatic rings. The van der Waals surface area contributed by atoms with Gasteiger partial charge in [0.15, 0.2) is 0 Å². The number of methoxy groups -OCH3 is 1. The van der Waals surface area contributed by atoms with E-state index in [0.717, 1.165) is 30.2 Å². The molecule has 0 aromatic heterocycles. The second-order valence-corrected chi connectivity index (χ2v) is 6.79. The molecule has 6 heteroatoms. The van der Waals surface area contributed by atoms with Crippen LogP contribution < -0.4 is 0 Å². The Bertz CT molecular complexity index is 848. The summed E-state index contributed by atoms with van der Waals surface area (Å²) in [4.78, 5) is 26.3. The maximum absolute atomic E-state index is 12.1. The highest BCUT2D eigenvalue weighted by Crippen LogP contribution is 2.34. The summed E-state index contributed by atoms with van der Waals surface area (Å²) < 4.78 is 9.98. The topological polar surface area (TPSA) is 76.1 Å². The molecule has 6 nitrogen and oxygen atoms in total. The Kier molecular flexibility index (Phi) is 5.96. The number of esters is 2. The van der Waals surface area contributed by atoms with E-state index in [0.29, 0.717) is 25.3 Å². The summed E-state index contributed by atoms with van der Waals surface area (Å²) in [5, 5.41) is 12.5. The first-order chi connectivity index (χ1) is 13.0. The molecule has 2 aromatic rings. The summed E-state index contributed by atoms with van der Waals surface area (Å²) in [5.41, 5.74) is 0.836. The van der Waals surface area contributed by atoms with Crippen LogP contribution in [0.2, 0.25) is 0 Å². The lowest BCUT2D eigenvalue weighted by atomic mass is 9.95. The van der Waals surface area contributed by atoms with Crippen molar-refractivity contribution in [2.24, 2.45) is 5.92 Å². The fourth-order valence-electron chi connectivity index (χ4n) is 3.71. The third-order valence-electron chi connectivity index (χ3n) is 5.04. The molecule has 0 aliphatic carbocycles. The fourth-order valence-corrected chi connectivity index (χ4v) is 3.71. The average molecular weight is 371 g/mol. The second-order valence-electron chi connectivity index (χ2n) is 6.79. The van der Waals surface area contributed by atoms with Crippen LogP contribution in [0, 0.1) is 5.92 Å². The van der Waals surface area contributed by atoms with E-state index in [1.165, 1.54) is 7.11 Å². The summed E-state index contributed by atoms with van der Waals surface area (Å²) in [6.07, 6.45) is 1.70. The molecule has 1 aliphatic heterocycles. The number of carbonyl (C=O) groups excluding carboxylic acids is 2. The number of aromatic hydroxyl groups is 1. The van der Waals surface area contributed by atoms with Crippen LogP contribution in [-0.2, 0) is 20.8 Å². The number of nitrogens with zero attached hydrogens (tertiary/aromatic N) is 1. The van der Waals surface area contributed by atoms with E-state index >= 15 is 0 Å². The first-order valence-electron chi connectivity index (χ1n) is 9.26. The molecule has 0 bridgehead atoms. The van der Waals surface area contributed by atoms with Gasteiger partial charge in [0.1, 0.15) is 11.3 Å². The molecule has 1 saturated heterocycles. The molecule has 0 saturated carbocycles. The van der Waals surface area contributed by atoms with E-state index in [9.17, 15) is 14.7 Å². The largest absolute Gasteiger partial charge is 0.507 e. The van der Waals surface area contributed by atoms with Gasteiger partial charge in [0.25, 0.3) is 0 Å². The molecule has 1 atom stereocenters. The number of ether oxygens (including phenoxy) is 2. The first-order valence-corrected chi connectivity index (χ1v) is 9.26. The van der Waals surface area contributed by atoms with Gasteiger partial charge in [0.05, 0.1) is 19.6 Å². The lowest BCUT2D eigenvalue weighted by molar-refractivity contribution is -0.150. The number of phenolic OH excluding ortho intramolecular Hbond substituents is 1. The van der Waals surface area contributed by atoms with Crippen molar-refractivity contribution in [3.05, 3.63) is 41.5 Å². The summed E-state index contributed by atoms with van der Waals surface area (Å²) >= 11 is 0. The van der Waals surface area contributed by atoms with Crippen molar-refractivity contribution >= 4 is 22.7 Å². The van der Waals surface area contributed by atoms with Crippen molar-refractivity contribution in [1.29, 1.82) is 0 Å². The third kappa shape index (κ3) is 4.06. The van der Waals surface area contributed by atoms with E-state index in [-0.39, 0.29) is 23.2 Å². The second kappa shape index (κ2) is 8.39. The zero-order chi connectivity index (χ0) is 19.4. The van der Waals surface area contributed by atoms with Gasteiger partial charge in [-0.1, -0.05) is 24.3 Å². The maximum atomic E-state index is 12.1. The van der Waals surface area contributed by atoms with Crippen LogP contribution in [-0.4, -0.2) is 48.8 Å². The van der Waals surface area contributed by atoms with Gasteiger partial charge >= 0.3 is 11.9 Å². The van der Waals surface area contributed by atoms with Gasteiger partial charge in [-0.25, -0.2) is 4.79 Å². The van der Waals surface area contributed by atoms with E-state index in [4.69, 9.17) is 9.47 Å². The zero-order valence-corrected chi connectivity index (χ0v) is 15.7. The van der Waals surface area contributed by atoms with Crippen LogP contribution in [0.1, 0.15) is 35.7 Å². The number of rotatable bonds is 5. The number of piperidine rings is 1. The summed E-state index contributed by atoms with van der Waals surface area (Å²) in [7, 11) is 1.30. The van der Waals surface area contributed by atoms with E-state index in [1.807, 2.05) is 24.3 Å². The minimum atomic E-state index is -0.567. The normalized spacial score (nSPS) is 17.6. The first kappa shape index (κ1) is 19.2. The van der Waals surface area contributed by atoms with Crippen molar-refractivity contribution in [1.82, 2.24) is 4.90 Å². The van der Waals surface area contributed by atoms with Crippen LogP contribution in [0.4, 0.5) is 0 Å². The van der Waals surface area contributed by atoms with Crippen molar-refractivity contribution in [2.75, 3.05) is 26.8 Å². The minimum absolute atomic E-state index is 0.0567. The number of phenols is 1. The van der Waals surface area contributed by atoms with Crippen molar-refractivity contribution < 1.29 is 24.2 Å². The third-order valence-corrected chi connectivity index (χ3v) is 5.04. The molecule has 0 radical (unpaired) electrons. The predicted octanol–water partition coefficient (Wildman–Crippen LogP) is 3.11. The number of fused-ring (bicyclic) bond motifs is 1. The van der Waals surface area contributed by atoms with Crippen LogP contribution in [0.5, 0.6) is 5.75 Å². The molecular weight excluding hydrogens is 346 g/mol. The van der Waals surface area contributed by atoms with Gasteiger partial charge in [0, 0.05) is 18.7 Å². The molecular formula is C21H25NO5. The molecule has 27 heavy (non-hydrogen) atoms. The van der Waals surface area contributed by atoms with E-state index in [1.54, 1.807) is 13.0 Å². The summed E-state index contributed by atoms with van der Waals surface area (Å²) in [6.45, 7) is 4.04. The standard InChI is InChI=1S/C21H25NO5/c1-3-27-20(24)15-8-6-10-22(12-15)13-18-16-9-5-4-7-14(16)11-17(19(18)23)21(25)26-2/h4-5,7,9,11,15,23H,3,6,8,10,12-13H2,1-2H3/t15-/m1/s1. The lowest BCUT2D eigenvalue weighted by Crippen LogP contribution is -2.39. The van der Waals surface area contributed by atoms with E-state index in [2.05, 4.69) is 4.90 Å².